The zero-order valence-corrected chi connectivity index (χ0v) is 11.1. The van der Waals surface area contributed by atoms with Crippen LogP contribution in [0, 0.1) is 0 Å². The Bertz CT molecular complexity index is 332. The van der Waals surface area contributed by atoms with E-state index in [4.69, 9.17) is 4.74 Å². The first-order valence-corrected chi connectivity index (χ1v) is 6.04. The minimum absolute atomic E-state index is 0.897. The molecule has 0 unspecified atom stereocenters. The summed E-state index contributed by atoms with van der Waals surface area (Å²) in [5.74, 6) is 0.897. The quantitative estimate of drug-likeness (QED) is 0.774. The van der Waals surface area contributed by atoms with Crippen LogP contribution in [0.3, 0.4) is 0 Å². The lowest BCUT2D eigenvalue weighted by Crippen LogP contribution is -1.86. The standard InChI is InChI=1S/C13H17BrO/c1-4-10(5-2)13(14)11-6-8-12(15-3)9-7-11/h6-9H,4-5H2,1-3H3. The van der Waals surface area contributed by atoms with Crippen molar-refractivity contribution >= 4 is 20.4 Å². The SMILES string of the molecule is CCC(CC)=C(Br)c1ccc(OC)cc1. The van der Waals surface area contributed by atoms with Crippen LogP contribution in [0.15, 0.2) is 29.8 Å². The lowest BCUT2D eigenvalue weighted by atomic mass is 10.1. The molecule has 0 atom stereocenters. The van der Waals surface area contributed by atoms with Gasteiger partial charge in [0.2, 0.25) is 0 Å². The van der Waals surface area contributed by atoms with Gasteiger partial charge < -0.3 is 4.74 Å². The van der Waals surface area contributed by atoms with Gasteiger partial charge >= 0.3 is 0 Å². The maximum Gasteiger partial charge on any atom is 0.118 e. The molecule has 0 radical (unpaired) electrons. The summed E-state index contributed by atoms with van der Waals surface area (Å²) >= 11 is 3.66. The molecular formula is C13H17BrO. The third-order valence-electron chi connectivity index (χ3n) is 2.51. The number of ether oxygens (including phenoxy) is 1. The van der Waals surface area contributed by atoms with Gasteiger partial charge in [0.1, 0.15) is 5.75 Å². The highest BCUT2D eigenvalue weighted by atomic mass is 79.9. The van der Waals surface area contributed by atoms with Crippen molar-refractivity contribution in [3.05, 3.63) is 35.4 Å². The van der Waals surface area contributed by atoms with Gasteiger partial charge in [0, 0.05) is 4.48 Å². The molecule has 1 aromatic rings. The number of allylic oxidation sites excluding steroid dienone is 1. The Morgan fingerprint density at radius 2 is 1.67 bits per heavy atom. The predicted molar refractivity (Wildman–Crippen MR) is 69.4 cm³/mol. The first-order valence-electron chi connectivity index (χ1n) is 5.24. The summed E-state index contributed by atoms with van der Waals surface area (Å²) < 4.78 is 6.35. The third kappa shape index (κ3) is 3.10. The second-order valence-electron chi connectivity index (χ2n) is 3.35. The molecule has 0 fully saturated rings. The van der Waals surface area contributed by atoms with Gasteiger partial charge in [-0.2, -0.15) is 0 Å². The minimum atomic E-state index is 0.897. The molecule has 1 rings (SSSR count). The summed E-state index contributed by atoms with van der Waals surface area (Å²) in [6, 6.07) is 8.13. The smallest absolute Gasteiger partial charge is 0.118 e. The van der Waals surface area contributed by atoms with E-state index in [1.165, 1.54) is 15.6 Å². The molecule has 1 nitrogen and oxygen atoms in total. The second-order valence-corrected chi connectivity index (χ2v) is 4.15. The maximum absolute atomic E-state index is 5.13. The zero-order valence-electron chi connectivity index (χ0n) is 9.51. The predicted octanol–water partition coefficient (Wildman–Crippen LogP) is 4.62. The first kappa shape index (κ1) is 12.3. The van der Waals surface area contributed by atoms with E-state index in [0.717, 1.165) is 18.6 Å². The van der Waals surface area contributed by atoms with E-state index in [1.54, 1.807) is 7.11 Å². The minimum Gasteiger partial charge on any atom is -0.497 e. The Balaban J connectivity index is 3.00. The van der Waals surface area contributed by atoms with Crippen molar-refractivity contribution in [3.63, 3.8) is 0 Å². The fourth-order valence-electron chi connectivity index (χ4n) is 1.50. The molecule has 0 saturated carbocycles. The lowest BCUT2D eigenvalue weighted by molar-refractivity contribution is 0.415. The molecule has 2 heteroatoms. The van der Waals surface area contributed by atoms with E-state index >= 15 is 0 Å². The summed E-state index contributed by atoms with van der Waals surface area (Å²) in [4.78, 5) is 0. The van der Waals surface area contributed by atoms with Crippen LogP contribution in [0.2, 0.25) is 0 Å². The van der Waals surface area contributed by atoms with Crippen molar-refractivity contribution in [3.8, 4) is 5.75 Å². The normalized spacial score (nSPS) is 9.87. The molecule has 0 spiro atoms. The number of hydrogen-bond donors (Lipinski definition) is 0. The molecule has 0 heterocycles. The number of hydrogen-bond acceptors (Lipinski definition) is 1. The Kier molecular flexibility index (Phi) is 4.89. The van der Waals surface area contributed by atoms with Crippen LogP contribution < -0.4 is 4.74 Å². The van der Waals surface area contributed by atoms with Crippen molar-refractivity contribution in [2.45, 2.75) is 26.7 Å². The molecule has 0 saturated heterocycles. The lowest BCUT2D eigenvalue weighted by Gasteiger charge is -2.07. The largest absolute Gasteiger partial charge is 0.497 e. The van der Waals surface area contributed by atoms with Gasteiger partial charge in [0.05, 0.1) is 7.11 Å². The topological polar surface area (TPSA) is 9.23 Å². The monoisotopic (exact) mass is 268 g/mol. The van der Waals surface area contributed by atoms with E-state index in [9.17, 15) is 0 Å². The molecule has 0 aliphatic rings. The molecule has 15 heavy (non-hydrogen) atoms. The first-order chi connectivity index (χ1) is 7.22. The average molecular weight is 269 g/mol. The number of halogens is 1. The molecule has 0 aliphatic heterocycles. The number of rotatable bonds is 4. The fraction of sp³-hybridized carbons (Fsp3) is 0.385. The number of methoxy groups -OCH3 is 1. The summed E-state index contributed by atoms with van der Waals surface area (Å²) in [6.07, 6.45) is 2.17. The number of benzene rings is 1. The van der Waals surface area contributed by atoms with Crippen molar-refractivity contribution in [1.82, 2.24) is 0 Å². The molecule has 0 aromatic heterocycles. The van der Waals surface area contributed by atoms with Gasteiger partial charge in [0.25, 0.3) is 0 Å². The van der Waals surface area contributed by atoms with Gasteiger partial charge in [-0.3, -0.25) is 0 Å². The molecule has 0 amide bonds. The van der Waals surface area contributed by atoms with Gasteiger partial charge in [-0.05, 0) is 30.5 Å². The van der Waals surface area contributed by atoms with E-state index < -0.39 is 0 Å². The van der Waals surface area contributed by atoms with Gasteiger partial charge in [0.15, 0.2) is 0 Å². The molecule has 0 bridgehead atoms. The van der Waals surface area contributed by atoms with Crippen LogP contribution in [0.4, 0.5) is 0 Å². The van der Waals surface area contributed by atoms with Crippen LogP contribution >= 0.6 is 15.9 Å². The second kappa shape index (κ2) is 5.96. The van der Waals surface area contributed by atoms with Crippen LogP contribution in [-0.2, 0) is 0 Å². The highest BCUT2D eigenvalue weighted by Gasteiger charge is 2.03. The fourth-order valence-corrected chi connectivity index (χ4v) is 2.33. The van der Waals surface area contributed by atoms with Crippen molar-refractivity contribution < 1.29 is 4.74 Å². The molecule has 0 aliphatic carbocycles. The van der Waals surface area contributed by atoms with Crippen LogP contribution in [-0.4, -0.2) is 7.11 Å². The average Bonchev–Trinajstić information content (AvgIpc) is 2.30. The van der Waals surface area contributed by atoms with Crippen molar-refractivity contribution in [1.29, 1.82) is 0 Å². The molecule has 0 N–H and O–H groups in total. The van der Waals surface area contributed by atoms with E-state index in [0.29, 0.717) is 0 Å². The Labute approximate surface area is 100 Å². The molecule has 82 valence electrons. The van der Waals surface area contributed by atoms with Gasteiger partial charge in [-0.15, -0.1) is 0 Å². The Morgan fingerprint density at radius 1 is 1.13 bits per heavy atom. The zero-order chi connectivity index (χ0) is 11.3. The van der Waals surface area contributed by atoms with Crippen molar-refractivity contribution in [2.24, 2.45) is 0 Å². The molecular weight excluding hydrogens is 252 g/mol. The van der Waals surface area contributed by atoms with Crippen LogP contribution in [0.5, 0.6) is 5.75 Å². The Hall–Kier alpha value is -0.760. The van der Waals surface area contributed by atoms with E-state index in [-0.39, 0.29) is 0 Å². The van der Waals surface area contributed by atoms with E-state index in [2.05, 4.69) is 41.9 Å². The molecule has 1 aromatic carbocycles. The van der Waals surface area contributed by atoms with Gasteiger partial charge in [-0.25, -0.2) is 0 Å². The van der Waals surface area contributed by atoms with Crippen LogP contribution in [0.1, 0.15) is 32.3 Å². The third-order valence-corrected chi connectivity index (χ3v) is 3.53. The van der Waals surface area contributed by atoms with Crippen LogP contribution in [0.25, 0.3) is 4.48 Å². The van der Waals surface area contributed by atoms with Crippen molar-refractivity contribution in [2.75, 3.05) is 7.11 Å². The summed E-state index contributed by atoms with van der Waals surface area (Å²) in [5.41, 5.74) is 2.66. The highest BCUT2D eigenvalue weighted by molar-refractivity contribution is 9.15. The summed E-state index contributed by atoms with van der Waals surface area (Å²) in [6.45, 7) is 4.37. The van der Waals surface area contributed by atoms with E-state index in [1.807, 2.05) is 12.1 Å². The highest BCUT2D eigenvalue weighted by Crippen LogP contribution is 2.29. The van der Waals surface area contributed by atoms with Gasteiger partial charge in [-0.1, -0.05) is 47.5 Å². The maximum atomic E-state index is 5.13. The summed E-state index contributed by atoms with van der Waals surface area (Å²) in [5, 5.41) is 0. The Morgan fingerprint density at radius 3 is 2.07 bits per heavy atom. The summed E-state index contributed by atoms with van der Waals surface area (Å²) in [7, 11) is 1.68.